The van der Waals surface area contributed by atoms with Crippen molar-refractivity contribution in [2.75, 3.05) is 26.2 Å². The van der Waals surface area contributed by atoms with Crippen molar-refractivity contribution in [3.05, 3.63) is 34.9 Å². The number of morpholine rings is 1. The number of amides is 1. The van der Waals surface area contributed by atoms with Crippen molar-refractivity contribution in [1.82, 2.24) is 9.80 Å². The minimum absolute atomic E-state index is 0. The number of benzene rings is 1. The van der Waals surface area contributed by atoms with Crippen LogP contribution in [-0.4, -0.2) is 53.5 Å². The Labute approximate surface area is 174 Å². The Morgan fingerprint density at radius 3 is 2.63 bits per heavy atom. The van der Waals surface area contributed by atoms with E-state index in [-0.39, 0.29) is 36.0 Å². The van der Waals surface area contributed by atoms with Crippen molar-refractivity contribution >= 4 is 29.9 Å². The molecule has 1 amide bonds. The van der Waals surface area contributed by atoms with Crippen LogP contribution in [0.1, 0.15) is 58.1 Å². The predicted molar refractivity (Wildman–Crippen MR) is 113 cm³/mol. The molecular formula is C21H32Cl2N2O2. The lowest BCUT2D eigenvalue weighted by Crippen LogP contribution is -2.60. The summed E-state index contributed by atoms with van der Waals surface area (Å²) in [7, 11) is 0. The number of nitrogens with zero attached hydrogens (tertiary/aromatic N) is 2. The van der Waals surface area contributed by atoms with Gasteiger partial charge < -0.3 is 14.5 Å². The van der Waals surface area contributed by atoms with Gasteiger partial charge in [0.05, 0.1) is 18.2 Å². The molecule has 27 heavy (non-hydrogen) atoms. The van der Waals surface area contributed by atoms with Gasteiger partial charge in [-0.3, -0.25) is 4.79 Å². The van der Waals surface area contributed by atoms with Gasteiger partial charge in [0.15, 0.2) is 0 Å². The summed E-state index contributed by atoms with van der Waals surface area (Å²) >= 11 is 6.16. The zero-order chi connectivity index (χ0) is 18.7. The van der Waals surface area contributed by atoms with E-state index in [1.807, 2.05) is 29.2 Å². The van der Waals surface area contributed by atoms with Gasteiger partial charge in [-0.25, -0.2) is 0 Å². The Morgan fingerprint density at radius 1 is 1.26 bits per heavy atom. The molecule has 4 nitrogen and oxygen atoms in total. The van der Waals surface area contributed by atoms with Crippen molar-refractivity contribution in [2.24, 2.45) is 0 Å². The molecule has 6 heteroatoms. The van der Waals surface area contributed by atoms with Gasteiger partial charge in [0.2, 0.25) is 5.91 Å². The Balaban J connectivity index is 0.00000261. The maximum atomic E-state index is 13.1. The van der Waals surface area contributed by atoms with Crippen LogP contribution in [-0.2, 0) is 9.53 Å². The van der Waals surface area contributed by atoms with Crippen molar-refractivity contribution < 1.29 is 9.53 Å². The van der Waals surface area contributed by atoms with Crippen LogP contribution < -0.4 is 0 Å². The van der Waals surface area contributed by atoms with E-state index in [0.717, 1.165) is 25.2 Å². The van der Waals surface area contributed by atoms with E-state index in [2.05, 4.69) is 25.7 Å². The van der Waals surface area contributed by atoms with Crippen LogP contribution in [0.5, 0.6) is 0 Å². The maximum absolute atomic E-state index is 13.1. The lowest BCUT2D eigenvalue weighted by atomic mass is 9.92. The summed E-state index contributed by atoms with van der Waals surface area (Å²) in [6.45, 7) is 9.92. The van der Waals surface area contributed by atoms with Crippen molar-refractivity contribution in [3.63, 3.8) is 0 Å². The summed E-state index contributed by atoms with van der Waals surface area (Å²) in [6.07, 6.45) is 4.27. The average Bonchev–Trinajstić information content (AvgIpc) is 2.60. The van der Waals surface area contributed by atoms with Crippen LogP contribution >= 0.6 is 24.0 Å². The van der Waals surface area contributed by atoms with Gasteiger partial charge >= 0.3 is 0 Å². The molecule has 0 radical (unpaired) electrons. The molecule has 3 rings (SSSR count). The molecule has 0 aromatic heterocycles. The molecule has 2 fully saturated rings. The molecule has 2 saturated heterocycles. The van der Waals surface area contributed by atoms with E-state index in [1.54, 1.807) is 0 Å². The molecule has 2 aliphatic heterocycles. The average molecular weight is 415 g/mol. The highest BCUT2D eigenvalue weighted by Gasteiger charge is 2.43. The number of halogens is 2. The third kappa shape index (κ3) is 5.38. The quantitative estimate of drug-likeness (QED) is 0.715. The number of hydrogen-bond donors (Lipinski definition) is 0. The maximum Gasteiger partial charge on any atom is 0.224 e. The first-order chi connectivity index (χ1) is 12.4. The number of carbonyl (C=O) groups excluding carboxylic acids is 1. The topological polar surface area (TPSA) is 32.8 Å². The highest BCUT2D eigenvalue weighted by molar-refractivity contribution is 6.30. The molecule has 2 heterocycles. The van der Waals surface area contributed by atoms with Crippen LogP contribution in [0.3, 0.4) is 0 Å². The van der Waals surface area contributed by atoms with Crippen LogP contribution in [0.4, 0.5) is 0 Å². The number of hydrogen-bond acceptors (Lipinski definition) is 3. The van der Waals surface area contributed by atoms with Crippen LogP contribution in [0.2, 0.25) is 5.02 Å². The van der Waals surface area contributed by atoms with Gasteiger partial charge in [-0.05, 0) is 64.4 Å². The second-order valence-electron chi connectivity index (χ2n) is 8.26. The highest BCUT2D eigenvalue weighted by Crippen LogP contribution is 2.36. The van der Waals surface area contributed by atoms with E-state index in [9.17, 15) is 4.79 Å². The fraction of sp³-hybridized carbons (Fsp3) is 0.667. The Hall–Kier alpha value is -0.810. The molecule has 2 aliphatic rings. The fourth-order valence-electron chi connectivity index (χ4n) is 4.37. The summed E-state index contributed by atoms with van der Waals surface area (Å²) in [6, 6.07) is 7.75. The van der Waals surface area contributed by atoms with E-state index in [1.165, 1.54) is 19.3 Å². The summed E-state index contributed by atoms with van der Waals surface area (Å²) in [5, 5.41) is 0.700. The number of likely N-dealkylation sites (tertiary alicyclic amines) is 1. The van der Waals surface area contributed by atoms with E-state index >= 15 is 0 Å². The van der Waals surface area contributed by atoms with Crippen molar-refractivity contribution in [3.8, 4) is 0 Å². The normalized spacial score (nSPS) is 25.7. The second-order valence-corrected chi connectivity index (χ2v) is 8.69. The zero-order valence-electron chi connectivity index (χ0n) is 16.6. The monoisotopic (exact) mass is 414 g/mol. The molecule has 2 unspecified atom stereocenters. The van der Waals surface area contributed by atoms with Gasteiger partial charge in [-0.1, -0.05) is 30.2 Å². The molecule has 1 aromatic rings. The molecule has 0 bridgehead atoms. The largest absolute Gasteiger partial charge is 0.369 e. The lowest BCUT2D eigenvalue weighted by Gasteiger charge is -2.50. The van der Waals surface area contributed by atoms with Crippen molar-refractivity contribution in [2.45, 2.75) is 64.1 Å². The molecular weight excluding hydrogens is 383 g/mol. The number of piperidine rings is 1. The van der Waals surface area contributed by atoms with Gasteiger partial charge in [0, 0.05) is 18.0 Å². The summed E-state index contributed by atoms with van der Waals surface area (Å²) in [4.78, 5) is 17.6. The SMILES string of the molecule is CC1C(c2cccc(Cl)c2)OCC(C)(C)N1C(=O)CCN1CCCCC1.Cl. The first-order valence-electron chi connectivity index (χ1n) is 9.80. The standard InChI is InChI=1S/C21H31ClN2O2.ClH/c1-16-20(17-8-7-9-18(22)14-17)26-15-21(2,3)24(16)19(25)10-13-23-11-5-4-6-12-23;/h7-9,14,16,20H,4-6,10-13,15H2,1-3H3;1H. The number of rotatable bonds is 4. The summed E-state index contributed by atoms with van der Waals surface area (Å²) in [5.74, 6) is 0.225. The van der Waals surface area contributed by atoms with Crippen LogP contribution in [0.15, 0.2) is 24.3 Å². The van der Waals surface area contributed by atoms with Gasteiger partial charge in [-0.2, -0.15) is 0 Å². The summed E-state index contributed by atoms with van der Waals surface area (Å²) < 4.78 is 6.16. The van der Waals surface area contributed by atoms with E-state index < -0.39 is 0 Å². The first kappa shape index (κ1) is 22.5. The Morgan fingerprint density at radius 2 is 1.96 bits per heavy atom. The Kier molecular flexibility index (Phi) is 7.99. The number of ether oxygens (including phenoxy) is 1. The van der Waals surface area contributed by atoms with Gasteiger partial charge in [-0.15, -0.1) is 12.4 Å². The van der Waals surface area contributed by atoms with Crippen LogP contribution in [0.25, 0.3) is 0 Å². The number of carbonyl (C=O) groups is 1. The predicted octanol–water partition coefficient (Wildman–Crippen LogP) is 4.70. The van der Waals surface area contributed by atoms with Gasteiger partial charge in [0.1, 0.15) is 6.10 Å². The highest BCUT2D eigenvalue weighted by atomic mass is 35.5. The molecule has 0 spiro atoms. The molecule has 2 atom stereocenters. The molecule has 152 valence electrons. The molecule has 0 saturated carbocycles. The third-order valence-electron chi connectivity index (χ3n) is 5.65. The second kappa shape index (κ2) is 9.60. The third-order valence-corrected chi connectivity index (χ3v) is 5.89. The van der Waals surface area contributed by atoms with E-state index in [0.29, 0.717) is 18.1 Å². The Bertz CT molecular complexity index is 632. The summed E-state index contributed by atoms with van der Waals surface area (Å²) in [5.41, 5.74) is 0.738. The lowest BCUT2D eigenvalue weighted by molar-refractivity contribution is -0.167. The van der Waals surface area contributed by atoms with Gasteiger partial charge in [0.25, 0.3) is 0 Å². The zero-order valence-corrected chi connectivity index (χ0v) is 18.2. The van der Waals surface area contributed by atoms with Crippen molar-refractivity contribution in [1.29, 1.82) is 0 Å². The fourth-order valence-corrected chi connectivity index (χ4v) is 4.57. The van der Waals surface area contributed by atoms with E-state index in [4.69, 9.17) is 16.3 Å². The molecule has 0 aliphatic carbocycles. The molecule has 0 N–H and O–H groups in total. The minimum atomic E-state index is -0.298. The van der Waals surface area contributed by atoms with Crippen LogP contribution in [0, 0.1) is 0 Å². The minimum Gasteiger partial charge on any atom is -0.369 e. The smallest absolute Gasteiger partial charge is 0.224 e. The molecule has 1 aromatic carbocycles. The first-order valence-corrected chi connectivity index (χ1v) is 10.2.